The van der Waals surface area contributed by atoms with Gasteiger partial charge >= 0.3 is 0 Å². The maximum absolute atomic E-state index is 11.9. The Bertz CT molecular complexity index is 949. The first-order chi connectivity index (χ1) is 13.6. The van der Waals surface area contributed by atoms with Gasteiger partial charge in [0.25, 0.3) is 11.8 Å². The third-order valence-corrected chi connectivity index (χ3v) is 3.77. The second-order valence-corrected chi connectivity index (χ2v) is 5.84. The zero-order valence-electron chi connectivity index (χ0n) is 15.2. The third-order valence-electron chi connectivity index (χ3n) is 3.77. The number of hydrogen-bond donors (Lipinski definition) is 2. The van der Waals surface area contributed by atoms with E-state index in [0.717, 1.165) is 5.56 Å². The summed E-state index contributed by atoms with van der Waals surface area (Å²) in [5.74, 6) is 0.173. The van der Waals surface area contributed by atoms with E-state index in [4.69, 9.17) is 9.15 Å². The summed E-state index contributed by atoms with van der Waals surface area (Å²) in [5, 5.41) is 6.81. The van der Waals surface area contributed by atoms with Crippen LogP contribution in [0.5, 0.6) is 5.75 Å². The Balaban J connectivity index is 1.51. The van der Waals surface area contributed by atoms with Gasteiger partial charge in [0.15, 0.2) is 12.4 Å². The number of amides is 2. The van der Waals surface area contributed by atoms with E-state index >= 15 is 0 Å². The number of furan rings is 1. The minimum atomic E-state index is -0.356. The largest absolute Gasteiger partial charge is 0.484 e. The van der Waals surface area contributed by atoms with Gasteiger partial charge in [-0.2, -0.15) is 5.10 Å². The molecule has 3 aromatic rings. The van der Waals surface area contributed by atoms with Crippen molar-refractivity contribution in [2.24, 2.45) is 5.10 Å². The lowest BCUT2D eigenvalue weighted by atomic mass is 10.1. The molecule has 142 valence electrons. The van der Waals surface area contributed by atoms with Crippen LogP contribution in [0.15, 0.2) is 82.5 Å². The Hall–Kier alpha value is -3.87. The Morgan fingerprint density at radius 2 is 1.75 bits per heavy atom. The maximum atomic E-state index is 11.9. The molecule has 0 aliphatic heterocycles. The smallest absolute Gasteiger partial charge is 0.291 e. The van der Waals surface area contributed by atoms with Crippen LogP contribution in [0.25, 0.3) is 0 Å². The normalized spacial score (nSPS) is 11.0. The number of benzene rings is 2. The number of nitrogens with one attached hydrogen (secondary N) is 2. The molecule has 1 aromatic heterocycles. The van der Waals surface area contributed by atoms with E-state index in [1.807, 2.05) is 18.2 Å². The molecule has 0 bridgehead atoms. The van der Waals surface area contributed by atoms with Gasteiger partial charge in [0.05, 0.1) is 12.0 Å². The van der Waals surface area contributed by atoms with Crippen LogP contribution in [0.1, 0.15) is 23.0 Å². The van der Waals surface area contributed by atoms with Crippen molar-refractivity contribution in [2.75, 3.05) is 11.9 Å². The quantitative estimate of drug-likeness (QED) is 0.487. The number of carbonyl (C=O) groups is 2. The molecule has 0 fully saturated rings. The van der Waals surface area contributed by atoms with Gasteiger partial charge in [-0.1, -0.05) is 30.3 Å². The number of ether oxygens (including phenoxy) is 1. The standard InChI is InChI=1S/C21H19N3O4/c1-15(23-24-20(25)14-28-18-6-3-2-4-7-18)16-9-11-17(12-10-16)22-21(26)19-8-5-13-27-19/h2-13H,14H2,1H3,(H,22,26)(H,24,25)/b23-15+. The summed E-state index contributed by atoms with van der Waals surface area (Å²) >= 11 is 0. The summed E-state index contributed by atoms with van der Waals surface area (Å²) in [6.45, 7) is 1.65. The highest BCUT2D eigenvalue weighted by molar-refractivity contribution is 6.03. The van der Waals surface area contributed by atoms with Gasteiger partial charge in [-0.15, -0.1) is 0 Å². The van der Waals surface area contributed by atoms with Crippen molar-refractivity contribution >= 4 is 23.2 Å². The van der Waals surface area contributed by atoms with E-state index in [1.54, 1.807) is 55.5 Å². The van der Waals surface area contributed by atoms with Crippen molar-refractivity contribution < 1.29 is 18.7 Å². The van der Waals surface area contributed by atoms with E-state index in [-0.39, 0.29) is 24.2 Å². The number of carbonyl (C=O) groups excluding carboxylic acids is 2. The van der Waals surface area contributed by atoms with Gasteiger partial charge < -0.3 is 14.5 Å². The fraction of sp³-hybridized carbons (Fsp3) is 0.0952. The summed E-state index contributed by atoms with van der Waals surface area (Å²) in [4.78, 5) is 23.8. The molecular formula is C21H19N3O4. The van der Waals surface area contributed by atoms with Crippen LogP contribution in [0.2, 0.25) is 0 Å². The number of para-hydroxylation sites is 1. The molecular weight excluding hydrogens is 358 g/mol. The van der Waals surface area contributed by atoms with Crippen LogP contribution in [-0.2, 0) is 4.79 Å². The summed E-state index contributed by atoms with van der Waals surface area (Å²) in [6.07, 6.45) is 1.44. The molecule has 0 atom stereocenters. The first kappa shape index (κ1) is 18.9. The number of hydrazone groups is 1. The van der Waals surface area contributed by atoms with Gasteiger partial charge in [-0.05, 0) is 48.9 Å². The highest BCUT2D eigenvalue weighted by Gasteiger charge is 2.09. The fourth-order valence-corrected chi connectivity index (χ4v) is 2.30. The number of nitrogens with zero attached hydrogens (tertiary/aromatic N) is 1. The van der Waals surface area contributed by atoms with E-state index in [1.165, 1.54) is 6.26 Å². The Kier molecular flexibility index (Phi) is 6.20. The Morgan fingerprint density at radius 1 is 1.00 bits per heavy atom. The molecule has 28 heavy (non-hydrogen) atoms. The van der Waals surface area contributed by atoms with Crippen molar-refractivity contribution in [1.29, 1.82) is 0 Å². The minimum Gasteiger partial charge on any atom is -0.484 e. The third kappa shape index (κ3) is 5.31. The van der Waals surface area contributed by atoms with Gasteiger partial charge in [0, 0.05) is 5.69 Å². The maximum Gasteiger partial charge on any atom is 0.291 e. The first-order valence-corrected chi connectivity index (χ1v) is 8.58. The molecule has 0 unspecified atom stereocenters. The molecule has 2 N–H and O–H groups in total. The number of anilines is 1. The highest BCUT2D eigenvalue weighted by atomic mass is 16.5. The van der Waals surface area contributed by atoms with Crippen molar-refractivity contribution in [3.8, 4) is 5.75 Å². The van der Waals surface area contributed by atoms with Gasteiger partial charge in [0.2, 0.25) is 0 Å². The fourth-order valence-electron chi connectivity index (χ4n) is 2.30. The zero-order valence-corrected chi connectivity index (χ0v) is 15.2. The van der Waals surface area contributed by atoms with Crippen LogP contribution in [0.3, 0.4) is 0 Å². The van der Waals surface area contributed by atoms with E-state index in [2.05, 4.69) is 15.8 Å². The predicted molar refractivity (Wildman–Crippen MR) is 105 cm³/mol. The summed E-state index contributed by atoms with van der Waals surface area (Å²) in [7, 11) is 0. The molecule has 3 rings (SSSR count). The lowest BCUT2D eigenvalue weighted by Gasteiger charge is -2.07. The van der Waals surface area contributed by atoms with Crippen molar-refractivity contribution in [1.82, 2.24) is 5.43 Å². The molecule has 2 aromatic carbocycles. The predicted octanol–water partition coefficient (Wildman–Crippen LogP) is 3.45. The summed E-state index contributed by atoms with van der Waals surface area (Å²) in [5.41, 5.74) is 4.51. The van der Waals surface area contributed by atoms with E-state index < -0.39 is 0 Å². The highest BCUT2D eigenvalue weighted by Crippen LogP contribution is 2.12. The van der Waals surface area contributed by atoms with Crippen LogP contribution >= 0.6 is 0 Å². The molecule has 2 amide bonds. The number of rotatable bonds is 7. The zero-order chi connectivity index (χ0) is 19.8. The van der Waals surface area contributed by atoms with Crippen molar-refractivity contribution in [2.45, 2.75) is 6.92 Å². The van der Waals surface area contributed by atoms with Crippen LogP contribution in [0.4, 0.5) is 5.69 Å². The van der Waals surface area contributed by atoms with E-state index in [0.29, 0.717) is 17.1 Å². The molecule has 0 saturated carbocycles. The van der Waals surface area contributed by atoms with Gasteiger partial charge in [0.1, 0.15) is 5.75 Å². The molecule has 1 heterocycles. The second kappa shape index (κ2) is 9.18. The SMILES string of the molecule is C/C(=N\NC(=O)COc1ccccc1)c1ccc(NC(=O)c2ccco2)cc1. The van der Waals surface area contributed by atoms with Crippen molar-refractivity contribution in [3.63, 3.8) is 0 Å². The lowest BCUT2D eigenvalue weighted by molar-refractivity contribution is -0.123. The molecule has 0 aliphatic rings. The summed E-state index contributed by atoms with van der Waals surface area (Å²) < 4.78 is 10.4. The Morgan fingerprint density at radius 3 is 2.43 bits per heavy atom. The molecule has 0 radical (unpaired) electrons. The molecule has 0 saturated heterocycles. The summed E-state index contributed by atoms with van der Waals surface area (Å²) in [6, 6.07) is 19.4. The van der Waals surface area contributed by atoms with Gasteiger partial charge in [-0.25, -0.2) is 5.43 Å². The van der Waals surface area contributed by atoms with Gasteiger partial charge in [-0.3, -0.25) is 9.59 Å². The first-order valence-electron chi connectivity index (χ1n) is 8.58. The monoisotopic (exact) mass is 377 g/mol. The molecule has 7 nitrogen and oxygen atoms in total. The molecule has 7 heteroatoms. The topological polar surface area (TPSA) is 92.9 Å². The second-order valence-electron chi connectivity index (χ2n) is 5.84. The van der Waals surface area contributed by atoms with Crippen LogP contribution in [-0.4, -0.2) is 24.1 Å². The van der Waals surface area contributed by atoms with E-state index in [9.17, 15) is 9.59 Å². The molecule has 0 aliphatic carbocycles. The average Bonchev–Trinajstić information content (AvgIpc) is 3.27. The number of hydrogen-bond acceptors (Lipinski definition) is 5. The van der Waals surface area contributed by atoms with Crippen LogP contribution in [0, 0.1) is 0 Å². The lowest BCUT2D eigenvalue weighted by Crippen LogP contribution is -2.25. The van der Waals surface area contributed by atoms with Crippen molar-refractivity contribution in [3.05, 3.63) is 84.3 Å². The Labute approximate surface area is 162 Å². The van der Waals surface area contributed by atoms with Crippen LogP contribution < -0.4 is 15.5 Å². The minimum absolute atomic E-state index is 0.126. The molecule has 0 spiro atoms. The average molecular weight is 377 g/mol.